The first-order chi connectivity index (χ1) is 9.32. The molecule has 0 amide bonds. The van der Waals surface area contributed by atoms with Crippen molar-refractivity contribution in [3.8, 4) is 0 Å². The predicted molar refractivity (Wildman–Crippen MR) is 86.8 cm³/mol. The summed E-state index contributed by atoms with van der Waals surface area (Å²) in [5.41, 5.74) is 2.75. The highest BCUT2D eigenvalue weighted by Crippen LogP contribution is 2.26. The number of aromatic nitrogens is 2. The minimum Gasteiger partial charge on any atom is -0.311 e. The predicted octanol–water partition coefficient (Wildman–Crippen LogP) is 2.56. The third-order valence-corrected chi connectivity index (χ3v) is 5.10. The van der Waals surface area contributed by atoms with E-state index >= 15 is 0 Å². The second-order valence-electron chi connectivity index (χ2n) is 6.79. The Kier molecular flexibility index (Phi) is 4.92. The second kappa shape index (κ2) is 6.16. The summed E-state index contributed by atoms with van der Waals surface area (Å²) in [5.74, 6) is 0. The molecule has 1 unspecified atom stereocenters. The van der Waals surface area contributed by atoms with Gasteiger partial charge in [0.2, 0.25) is 0 Å². The van der Waals surface area contributed by atoms with Gasteiger partial charge in [0.05, 0.1) is 15.9 Å². The van der Waals surface area contributed by atoms with E-state index in [-0.39, 0.29) is 0 Å². The van der Waals surface area contributed by atoms with Crippen molar-refractivity contribution in [1.29, 1.82) is 0 Å². The molecule has 20 heavy (non-hydrogen) atoms. The maximum absolute atomic E-state index is 4.59. The molecular formula is C15H27BrN4. The summed E-state index contributed by atoms with van der Waals surface area (Å²) >= 11 is 3.72. The van der Waals surface area contributed by atoms with Crippen molar-refractivity contribution < 1.29 is 0 Å². The van der Waals surface area contributed by atoms with Gasteiger partial charge in [-0.05, 0) is 27.8 Å². The fraction of sp³-hybridized carbons (Fsp3) is 0.800. The Bertz CT molecular complexity index is 461. The first kappa shape index (κ1) is 16.0. The Morgan fingerprint density at radius 3 is 2.65 bits per heavy atom. The molecule has 1 atom stereocenters. The van der Waals surface area contributed by atoms with Gasteiger partial charge in [-0.25, -0.2) is 0 Å². The number of halogens is 1. The first-order valence-corrected chi connectivity index (χ1v) is 8.28. The largest absolute Gasteiger partial charge is 0.311 e. The minimum atomic E-state index is 0.303. The van der Waals surface area contributed by atoms with Crippen molar-refractivity contribution in [3.63, 3.8) is 0 Å². The smallest absolute Gasteiger partial charge is 0.0767 e. The van der Waals surface area contributed by atoms with Gasteiger partial charge in [0, 0.05) is 39.3 Å². The van der Waals surface area contributed by atoms with Gasteiger partial charge in [-0.2, -0.15) is 5.10 Å². The van der Waals surface area contributed by atoms with Crippen LogP contribution in [0.5, 0.6) is 0 Å². The van der Waals surface area contributed by atoms with Crippen molar-refractivity contribution in [1.82, 2.24) is 20.0 Å². The molecule has 1 aliphatic rings. The molecule has 5 heteroatoms. The van der Waals surface area contributed by atoms with E-state index < -0.39 is 0 Å². The Morgan fingerprint density at radius 1 is 1.40 bits per heavy atom. The van der Waals surface area contributed by atoms with Crippen LogP contribution >= 0.6 is 15.9 Å². The summed E-state index contributed by atoms with van der Waals surface area (Å²) in [6.45, 7) is 13.3. The van der Waals surface area contributed by atoms with Crippen molar-refractivity contribution >= 4 is 15.9 Å². The Morgan fingerprint density at radius 2 is 2.10 bits per heavy atom. The first-order valence-electron chi connectivity index (χ1n) is 7.49. The zero-order chi connectivity index (χ0) is 14.9. The van der Waals surface area contributed by atoms with E-state index in [1.54, 1.807) is 0 Å². The minimum absolute atomic E-state index is 0.303. The normalized spacial score (nSPS) is 21.4. The molecule has 0 radical (unpaired) electrons. The van der Waals surface area contributed by atoms with Crippen LogP contribution in [0.2, 0.25) is 0 Å². The van der Waals surface area contributed by atoms with E-state index in [0.717, 1.165) is 38.3 Å². The average Bonchev–Trinajstić information content (AvgIpc) is 2.65. The van der Waals surface area contributed by atoms with E-state index in [4.69, 9.17) is 0 Å². The summed E-state index contributed by atoms with van der Waals surface area (Å²) in [4.78, 5) is 2.54. The van der Waals surface area contributed by atoms with Gasteiger partial charge in [0.15, 0.2) is 0 Å². The maximum Gasteiger partial charge on any atom is 0.0767 e. The summed E-state index contributed by atoms with van der Waals surface area (Å²) in [6.07, 6.45) is 0.973. The molecule has 0 aromatic carbocycles. The number of rotatable bonds is 3. The third kappa shape index (κ3) is 3.43. The fourth-order valence-electron chi connectivity index (χ4n) is 2.74. The lowest BCUT2D eigenvalue weighted by Gasteiger charge is -2.40. The molecule has 0 saturated carbocycles. The standard InChI is InChI=1S/C15H27BrN4/c1-6-11-14(16)12(19(5)18-11)9-20-8-7-17-13(10-20)15(2,3)4/h13,17H,6-10H2,1-5H3. The van der Waals surface area contributed by atoms with Crippen LogP contribution in [0.15, 0.2) is 4.47 Å². The Labute approximate surface area is 131 Å². The van der Waals surface area contributed by atoms with Gasteiger partial charge in [0.1, 0.15) is 0 Å². The van der Waals surface area contributed by atoms with E-state index in [0.29, 0.717) is 11.5 Å². The highest BCUT2D eigenvalue weighted by molar-refractivity contribution is 9.10. The van der Waals surface area contributed by atoms with Gasteiger partial charge in [-0.3, -0.25) is 9.58 Å². The highest BCUT2D eigenvalue weighted by atomic mass is 79.9. The van der Waals surface area contributed by atoms with Crippen LogP contribution in [0.3, 0.4) is 0 Å². The number of nitrogens with one attached hydrogen (secondary N) is 1. The van der Waals surface area contributed by atoms with Crippen LogP contribution < -0.4 is 5.32 Å². The van der Waals surface area contributed by atoms with Gasteiger partial charge in [-0.15, -0.1) is 0 Å². The lowest BCUT2D eigenvalue weighted by Crippen LogP contribution is -2.55. The molecule has 1 saturated heterocycles. The Hall–Kier alpha value is -0.390. The summed E-state index contributed by atoms with van der Waals surface area (Å²) in [5, 5.41) is 8.23. The number of hydrogen-bond donors (Lipinski definition) is 1. The Balaban J connectivity index is 2.08. The summed E-state index contributed by atoms with van der Waals surface area (Å²) in [7, 11) is 2.04. The SMILES string of the molecule is CCc1nn(C)c(CN2CCNC(C(C)(C)C)C2)c1Br. The maximum atomic E-state index is 4.59. The van der Waals surface area contributed by atoms with E-state index in [1.165, 1.54) is 10.2 Å². The molecular weight excluding hydrogens is 316 g/mol. The molecule has 2 heterocycles. The third-order valence-electron chi connectivity index (χ3n) is 4.18. The number of aryl methyl sites for hydroxylation is 2. The molecule has 0 bridgehead atoms. The fourth-order valence-corrected chi connectivity index (χ4v) is 3.48. The molecule has 1 N–H and O–H groups in total. The van der Waals surface area contributed by atoms with E-state index in [1.807, 2.05) is 11.7 Å². The molecule has 1 aromatic rings. The lowest BCUT2D eigenvalue weighted by atomic mass is 9.85. The second-order valence-corrected chi connectivity index (χ2v) is 7.59. The van der Waals surface area contributed by atoms with Crippen LogP contribution in [0, 0.1) is 5.41 Å². The van der Waals surface area contributed by atoms with Crippen molar-refractivity contribution in [2.45, 2.75) is 46.7 Å². The van der Waals surface area contributed by atoms with Crippen molar-refractivity contribution in [3.05, 3.63) is 15.9 Å². The molecule has 1 aliphatic heterocycles. The monoisotopic (exact) mass is 342 g/mol. The lowest BCUT2D eigenvalue weighted by molar-refractivity contribution is 0.127. The van der Waals surface area contributed by atoms with Crippen LogP contribution in [-0.4, -0.2) is 40.4 Å². The molecule has 0 aliphatic carbocycles. The molecule has 1 aromatic heterocycles. The molecule has 2 rings (SSSR count). The van der Waals surface area contributed by atoms with Crippen molar-refractivity contribution in [2.75, 3.05) is 19.6 Å². The zero-order valence-electron chi connectivity index (χ0n) is 13.3. The summed E-state index contributed by atoms with van der Waals surface area (Å²) in [6, 6.07) is 0.550. The molecule has 4 nitrogen and oxygen atoms in total. The van der Waals surface area contributed by atoms with Crippen LogP contribution in [-0.2, 0) is 20.0 Å². The molecule has 1 fully saturated rings. The van der Waals surface area contributed by atoms with Gasteiger partial charge < -0.3 is 5.32 Å². The quantitative estimate of drug-likeness (QED) is 0.916. The van der Waals surface area contributed by atoms with Gasteiger partial charge >= 0.3 is 0 Å². The number of piperazine rings is 1. The topological polar surface area (TPSA) is 33.1 Å². The van der Waals surface area contributed by atoms with Gasteiger partial charge in [-0.1, -0.05) is 27.7 Å². The molecule has 0 spiro atoms. The van der Waals surface area contributed by atoms with Crippen molar-refractivity contribution in [2.24, 2.45) is 12.5 Å². The average molecular weight is 343 g/mol. The van der Waals surface area contributed by atoms with E-state index in [9.17, 15) is 0 Å². The van der Waals surface area contributed by atoms with Crippen LogP contribution in [0.25, 0.3) is 0 Å². The number of nitrogens with zero attached hydrogens (tertiary/aromatic N) is 3. The number of hydrogen-bond acceptors (Lipinski definition) is 3. The zero-order valence-corrected chi connectivity index (χ0v) is 14.9. The van der Waals surface area contributed by atoms with Crippen LogP contribution in [0.4, 0.5) is 0 Å². The summed E-state index contributed by atoms with van der Waals surface area (Å²) < 4.78 is 3.21. The highest BCUT2D eigenvalue weighted by Gasteiger charge is 2.30. The van der Waals surface area contributed by atoms with Gasteiger partial charge in [0.25, 0.3) is 0 Å². The van der Waals surface area contributed by atoms with E-state index in [2.05, 4.69) is 58.9 Å². The van der Waals surface area contributed by atoms with Crippen LogP contribution in [0.1, 0.15) is 39.1 Å². The molecule has 114 valence electrons.